The normalized spacial score (nSPS) is 10.1. The molecule has 0 bridgehead atoms. The molecule has 0 fully saturated rings. The fourth-order valence-corrected chi connectivity index (χ4v) is 1.43. The summed E-state index contributed by atoms with van der Waals surface area (Å²) in [6.07, 6.45) is 3.19. The number of pyridine rings is 1. The van der Waals surface area contributed by atoms with Crippen LogP contribution < -0.4 is 11.1 Å². The summed E-state index contributed by atoms with van der Waals surface area (Å²) in [4.78, 5) is 15.5. The molecule has 2 aromatic rings. The van der Waals surface area contributed by atoms with Gasteiger partial charge in [-0.1, -0.05) is 0 Å². The van der Waals surface area contributed by atoms with Crippen LogP contribution in [0.2, 0.25) is 0 Å². The Morgan fingerprint density at radius 2 is 2.28 bits per heavy atom. The number of nitrogen functional groups attached to an aromatic ring is 1. The predicted octanol–water partition coefficient (Wildman–Crippen LogP) is 0.927. The fourth-order valence-electron chi connectivity index (χ4n) is 1.43. The van der Waals surface area contributed by atoms with Gasteiger partial charge in [0, 0.05) is 19.3 Å². The number of rotatable bonds is 3. The first-order chi connectivity index (χ1) is 8.60. The highest BCUT2D eigenvalue weighted by molar-refractivity contribution is 5.95. The number of aryl methyl sites for hydroxylation is 1. The molecular formula is C11H13N5O2. The molecule has 0 unspecified atom stereocenters. The molecule has 2 rings (SSSR count). The van der Waals surface area contributed by atoms with Crippen LogP contribution in [0.5, 0.6) is 0 Å². The van der Waals surface area contributed by atoms with Crippen molar-refractivity contribution in [1.82, 2.24) is 14.8 Å². The van der Waals surface area contributed by atoms with E-state index in [4.69, 9.17) is 5.73 Å². The number of anilines is 3. The maximum atomic E-state index is 11.5. The Hall–Kier alpha value is -2.57. The zero-order chi connectivity index (χ0) is 13.1. The van der Waals surface area contributed by atoms with E-state index in [1.807, 2.05) is 7.05 Å². The molecule has 0 aromatic carbocycles. The van der Waals surface area contributed by atoms with Crippen LogP contribution in [0.25, 0.3) is 0 Å². The molecule has 7 heteroatoms. The molecule has 0 atom stereocenters. The Morgan fingerprint density at radius 1 is 1.50 bits per heavy atom. The Morgan fingerprint density at radius 3 is 2.89 bits per heavy atom. The largest absolute Gasteiger partial charge is 0.465 e. The van der Waals surface area contributed by atoms with E-state index in [1.165, 1.54) is 19.4 Å². The molecular weight excluding hydrogens is 234 g/mol. The van der Waals surface area contributed by atoms with Crippen molar-refractivity contribution in [3.05, 3.63) is 30.1 Å². The van der Waals surface area contributed by atoms with Gasteiger partial charge < -0.3 is 15.8 Å². The lowest BCUT2D eigenvalue weighted by Crippen LogP contribution is -2.07. The van der Waals surface area contributed by atoms with Gasteiger partial charge in [-0.05, 0) is 6.07 Å². The van der Waals surface area contributed by atoms with Crippen molar-refractivity contribution in [2.24, 2.45) is 7.05 Å². The highest BCUT2D eigenvalue weighted by Gasteiger charge is 2.12. The van der Waals surface area contributed by atoms with Gasteiger partial charge in [-0.25, -0.2) is 9.78 Å². The van der Waals surface area contributed by atoms with Crippen LogP contribution in [0.3, 0.4) is 0 Å². The predicted molar refractivity (Wildman–Crippen MR) is 66.5 cm³/mol. The molecule has 0 saturated carbocycles. The van der Waals surface area contributed by atoms with Crippen molar-refractivity contribution in [2.75, 3.05) is 18.2 Å². The second kappa shape index (κ2) is 4.74. The molecule has 3 N–H and O–H groups in total. The SMILES string of the molecule is COC(=O)c1cc(Nc2ccn(C)n2)ncc1N. The number of esters is 1. The van der Waals surface area contributed by atoms with E-state index in [9.17, 15) is 4.79 Å². The molecule has 94 valence electrons. The smallest absolute Gasteiger partial charge is 0.340 e. The van der Waals surface area contributed by atoms with Crippen molar-refractivity contribution in [2.45, 2.75) is 0 Å². The van der Waals surface area contributed by atoms with Gasteiger partial charge in [-0.2, -0.15) is 5.10 Å². The minimum atomic E-state index is -0.501. The standard InChI is InChI=1S/C11H13N5O2/c1-16-4-3-9(15-16)14-10-5-7(11(17)18-2)8(12)6-13-10/h3-6H,12H2,1-2H3,(H,13,14,15). The average Bonchev–Trinajstić information content (AvgIpc) is 2.76. The van der Waals surface area contributed by atoms with Gasteiger partial charge in [0.1, 0.15) is 5.82 Å². The topological polar surface area (TPSA) is 95.1 Å². The Bertz CT molecular complexity index is 579. The first kappa shape index (κ1) is 11.9. The number of nitrogens with two attached hydrogens (primary N) is 1. The first-order valence-corrected chi connectivity index (χ1v) is 5.20. The number of hydrogen-bond donors (Lipinski definition) is 2. The summed E-state index contributed by atoms with van der Waals surface area (Å²) in [5, 5.41) is 7.11. The number of ether oxygens (including phenoxy) is 1. The Kier molecular flexibility index (Phi) is 3.13. The fraction of sp³-hybridized carbons (Fsp3) is 0.182. The van der Waals surface area contributed by atoms with Crippen LogP contribution in [-0.2, 0) is 11.8 Å². The average molecular weight is 247 g/mol. The molecule has 0 amide bonds. The number of hydrogen-bond acceptors (Lipinski definition) is 6. The van der Waals surface area contributed by atoms with Crippen molar-refractivity contribution in [3.63, 3.8) is 0 Å². The van der Waals surface area contributed by atoms with Crippen LogP contribution in [0.4, 0.5) is 17.3 Å². The number of methoxy groups -OCH3 is 1. The minimum Gasteiger partial charge on any atom is -0.465 e. The molecule has 0 radical (unpaired) electrons. The van der Waals surface area contributed by atoms with E-state index in [-0.39, 0.29) is 11.3 Å². The highest BCUT2D eigenvalue weighted by Crippen LogP contribution is 2.18. The molecule has 0 aliphatic heterocycles. The lowest BCUT2D eigenvalue weighted by molar-refractivity contribution is 0.0602. The van der Waals surface area contributed by atoms with Gasteiger partial charge in [0.05, 0.1) is 24.6 Å². The number of nitrogens with zero attached hydrogens (tertiary/aromatic N) is 3. The summed E-state index contributed by atoms with van der Waals surface area (Å²) in [6, 6.07) is 3.31. The summed E-state index contributed by atoms with van der Waals surface area (Å²) in [7, 11) is 3.11. The third-order valence-electron chi connectivity index (χ3n) is 2.31. The third kappa shape index (κ3) is 2.40. The highest BCUT2D eigenvalue weighted by atomic mass is 16.5. The van der Waals surface area contributed by atoms with Crippen molar-refractivity contribution >= 4 is 23.3 Å². The van der Waals surface area contributed by atoms with Crippen LogP contribution in [0, 0.1) is 0 Å². The van der Waals surface area contributed by atoms with Crippen LogP contribution >= 0.6 is 0 Å². The lowest BCUT2D eigenvalue weighted by atomic mass is 10.2. The van der Waals surface area contributed by atoms with E-state index in [2.05, 4.69) is 20.1 Å². The van der Waals surface area contributed by atoms with Gasteiger partial charge in [-0.15, -0.1) is 0 Å². The van der Waals surface area contributed by atoms with Gasteiger partial charge in [0.15, 0.2) is 5.82 Å². The van der Waals surface area contributed by atoms with Gasteiger partial charge in [0.2, 0.25) is 0 Å². The lowest BCUT2D eigenvalue weighted by Gasteiger charge is -2.06. The summed E-state index contributed by atoms with van der Waals surface area (Å²) < 4.78 is 6.29. The van der Waals surface area contributed by atoms with Crippen molar-refractivity contribution in [3.8, 4) is 0 Å². The van der Waals surface area contributed by atoms with Gasteiger partial charge in [0.25, 0.3) is 0 Å². The van der Waals surface area contributed by atoms with E-state index in [0.29, 0.717) is 11.6 Å². The summed E-state index contributed by atoms with van der Waals surface area (Å²) in [5.41, 5.74) is 6.19. The van der Waals surface area contributed by atoms with E-state index in [0.717, 1.165) is 0 Å². The zero-order valence-corrected chi connectivity index (χ0v) is 10.0. The quantitative estimate of drug-likeness (QED) is 0.783. The molecule has 0 spiro atoms. The van der Waals surface area contributed by atoms with E-state index >= 15 is 0 Å². The molecule has 2 aromatic heterocycles. The molecule has 0 aliphatic rings. The van der Waals surface area contributed by atoms with Crippen LogP contribution in [-0.4, -0.2) is 27.8 Å². The zero-order valence-electron chi connectivity index (χ0n) is 10.0. The van der Waals surface area contributed by atoms with E-state index < -0.39 is 5.97 Å². The van der Waals surface area contributed by atoms with Crippen LogP contribution in [0.15, 0.2) is 24.5 Å². The number of carbonyl (C=O) groups is 1. The Labute approximate surface area is 104 Å². The first-order valence-electron chi connectivity index (χ1n) is 5.20. The summed E-state index contributed by atoms with van der Waals surface area (Å²) in [6.45, 7) is 0. The second-order valence-electron chi connectivity index (χ2n) is 3.65. The van der Waals surface area contributed by atoms with Gasteiger partial charge in [-0.3, -0.25) is 4.68 Å². The maximum Gasteiger partial charge on any atom is 0.340 e. The number of aromatic nitrogens is 3. The molecule has 18 heavy (non-hydrogen) atoms. The monoisotopic (exact) mass is 247 g/mol. The minimum absolute atomic E-state index is 0.269. The molecule has 2 heterocycles. The molecule has 0 aliphatic carbocycles. The van der Waals surface area contributed by atoms with Crippen LogP contribution in [0.1, 0.15) is 10.4 Å². The van der Waals surface area contributed by atoms with E-state index in [1.54, 1.807) is 16.9 Å². The maximum absolute atomic E-state index is 11.5. The third-order valence-corrected chi connectivity index (χ3v) is 2.31. The molecule has 0 saturated heterocycles. The Balaban J connectivity index is 2.27. The second-order valence-corrected chi connectivity index (χ2v) is 3.65. The number of nitrogens with one attached hydrogen (secondary N) is 1. The van der Waals surface area contributed by atoms with Crippen molar-refractivity contribution < 1.29 is 9.53 Å². The van der Waals surface area contributed by atoms with Crippen molar-refractivity contribution in [1.29, 1.82) is 0 Å². The summed E-state index contributed by atoms with van der Waals surface area (Å²) in [5.74, 6) is 0.604. The molecule has 7 nitrogen and oxygen atoms in total. The summed E-state index contributed by atoms with van der Waals surface area (Å²) >= 11 is 0. The number of carbonyl (C=O) groups excluding carboxylic acids is 1. The van der Waals surface area contributed by atoms with Gasteiger partial charge >= 0.3 is 5.97 Å².